The van der Waals surface area contributed by atoms with Crippen molar-refractivity contribution in [3.05, 3.63) is 0 Å². The molecule has 0 aromatic heterocycles. The van der Waals surface area contributed by atoms with Crippen LogP contribution in [-0.2, 0) is 10.2 Å². The van der Waals surface area contributed by atoms with Crippen molar-refractivity contribution < 1.29 is 8.42 Å². The molecule has 92 valence electrons. The first-order chi connectivity index (χ1) is 6.87. The van der Waals surface area contributed by atoms with E-state index < -0.39 is 10.2 Å². The Bertz CT molecular complexity index is 252. The normalized spacial score (nSPS) is 14.5. The second-order valence-electron chi connectivity index (χ2n) is 4.14. The summed E-state index contributed by atoms with van der Waals surface area (Å²) in [6, 6.07) is -0.122. The maximum atomic E-state index is 11.3. The number of nitrogens with one attached hydrogen (secondary N) is 2. The molecule has 0 heterocycles. The smallest absolute Gasteiger partial charge is 0.276 e. The largest absolute Gasteiger partial charge is 0.327 e. The van der Waals surface area contributed by atoms with Crippen LogP contribution in [0.5, 0.6) is 0 Å². The van der Waals surface area contributed by atoms with Crippen LogP contribution in [0.15, 0.2) is 0 Å². The van der Waals surface area contributed by atoms with Crippen LogP contribution in [-0.4, -0.2) is 27.5 Å². The molecule has 15 heavy (non-hydrogen) atoms. The van der Waals surface area contributed by atoms with Crippen LogP contribution in [0.25, 0.3) is 0 Å². The molecule has 0 amide bonds. The minimum Gasteiger partial charge on any atom is -0.327 e. The zero-order valence-corrected chi connectivity index (χ0v) is 10.6. The van der Waals surface area contributed by atoms with Crippen LogP contribution in [0.2, 0.25) is 0 Å². The Morgan fingerprint density at radius 1 is 1.27 bits per heavy atom. The van der Waals surface area contributed by atoms with Gasteiger partial charge in [0.15, 0.2) is 0 Å². The van der Waals surface area contributed by atoms with Gasteiger partial charge in [0, 0.05) is 19.1 Å². The van der Waals surface area contributed by atoms with E-state index in [2.05, 4.69) is 23.3 Å². The molecular formula is C9H23N3O2S. The summed E-state index contributed by atoms with van der Waals surface area (Å²) in [6.45, 7) is 6.77. The topological polar surface area (TPSA) is 84.2 Å². The molecule has 0 spiro atoms. The van der Waals surface area contributed by atoms with Gasteiger partial charge >= 0.3 is 0 Å². The molecule has 0 saturated heterocycles. The van der Waals surface area contributed by atoms with Crippen LogP contribution in [0.4, 0.5) is 0 Å². The number of hydrogen-bond donors (Lipinski definition) is 3. The van der Waals surface area contributed by atoms with E-state index in [0.717, 1.165) is 12.8 Å². The summed E-state index contributed by atoms with van der Waals surface area (Å²) in [5.41, 5.74) is 5.76. The third-order valence-corrected chi connectivity index (χ3v) is 2.98. The fourth-order valence-electron chi connectivity index (χ4n) is 1.19. The van der Waals surface area contributed by atoms with Crippen LogP contribution >= 0.6 is 0 Å². The Balaban J connectivity index is 3.82. The van der Waals surface area contributed by atoms with Crippen LogP contribution < -0.4 is 15.2 Å². The average Bonchev–Trinajstić information content (AvgIpc) is 2.11. The highest BCUT2D eigenvalue weighted by Crippen LogP contribution is 2.01. The first-order valence-electron chi connectivity index (χ1n) is 5.37. The van der Waals surface area contributed by atoms with Crippen molar-refractivity contribution in [2.75, 3.05) is 13.1 Å². The third-order valence-electron chi connectivity index (χ3n) is 1.85. The Hall–Kier alpha value is -0.170. The lowest BCUT2D eigenvalue weighted by molar-refractivity contribution is 0.483. The van der Waals surface area contributed by atoms with Crippen molar-refractivity contribution in [2.24, 2.45) is 11.7 Å². The van der Waals surface area contributed by atoms with Crippen molar-refractivity contribution in [1.82, 2.24) is 9.44 Å². The first-order valence-corrected chi connectivity index (χ1v) is 6.85. The Kier molecular flexibility index (Phi) is 7.08. The molecule has 6 heteroatoms. The van der Waals surface area contributed by atoms with Gasteiger partial charge in [0.1, 0.15) is 0 Å². The molecule has 1 unspecified atom stereocenters. The molecular weight excluding hydrogens is 214 g/mol. The summed E-state index contributed by atoms with van der Waals surface area (Å²) in [6.07, 6.45) is 1.59. The maximum Gasteiger partial charge on any atom is 0.276 e. The molecule has 0 aliphatic rings. The molecule has 5 nitrogen and oxygen atoms in total. The predicted molar refractivity (Wildman–Crippen MR) is 62.6 cm³/mol. The molecule has 0 bridgehead atoms. The number of rotatable bonds is 8. The van der Waals surface area contributed by atoms with Gasteiger partial charge in [0.2, 0.25) is 0 Å². The van der Waals surface area contributed by atoms with Gasteiger partial charge in [0.25, 0.3) is 10.2 Å². The third kappa shape index (κ3) is 8.80. The fraction of sp³-hybridized carbons (Fsp3) is 1.00. The second kappa shape index (κ2) is 7.16. The lowest BCUT2D eigenvalue weighted by Gasteiger charge is -2.15. The Morgan fingerprint density at radius 3 is 2.33 bits per heavy atom. The number of hydrogen-bond acceptors (Lipinski definition) is 3. The summed E-state index contributed by atoms with van der Waals surface area (Å²) in [5, 5.41) is 0. The van der Waals surface area contributed by atoms with E-state index in [9.17, 15) is 8.42 Å². The predicted octanol–water partition coefficient (Wildman–Crippen LogP) is 0.194. The van der Waals surface area contributed by atoms with Crippen molar-refractivity contribution in [3.63, 3.8) is 0 Å². The van der Waals surface area contributed by atoms with Gasteiger partial charge in [-0.2, -0.15) is 8.42 Å². The van der Waals surface area contributed by atoms with E-state index in [4.69, 9.17) is 5.73 Å². The lowest BCUT2D eigenvalue weighted by atomic mass is 10.1. The SMILES string of the molecule is CCCNS(=O)(=O)NCC(N)CC(C)C. The first kappa shape index (κ1) is 14.8. The highest BCUT2D eigenvalue weighted by molar-refractivity contribution is 7.87. The molecule has 0 aliphatic carbocycles. The van der Waals surface area contributed by atoms with Gasteiger partial charge in [-0.3, -0.25) is 0 Å². The molecule has 4 N–H and O–H groups in total. The fourth-order valence-corrected chi connectivity index (χ4v) is 2.20. The number of nitrogens with two attached hydrogens (primary N) is 1. The molecule has 0 fully saturated rings. The zero-order valence-electron chi connectivity index (χ0n) is 9.79. The minimum atomic E-state index is -3.35. The maximum absolute atomic E-state index is 11.3. The standard InChI is InChI=1S/C9H23N3O2S/c1-4-5-11-15(13,14)12-7-9(10)6-8(2)3/h8-9,11-12H,4-7,10H2,1-3H3. The summed E-state index contributed by atoms with van der Waals surface area (Å²) < 4.78 is 27.5. The zero-order chi connectivity index (χ0) is 11.9. The molecule has 0 aromatic carbocycles. The highest BCUT2D eigenvalue weighted by atomic mass is 32.2. The van der Waals surface area contributed by atoms with Gasteiger partial charge in [-0.15, -0.1) is 0 Å². The Morgan fingerprint density at radius 2 is 1.87 bits per heavy atom. The monoisotopic (exact) mass is 237 g/mol. The van der Waals surface area contributed by atoms with Crippen LogP contribution in [0.3, 0.4) is 0 Å². The summed E-state index contributed by atoms with van der Waals surface area (Å²) >= 11 is 0. The molecule has 0 radical (unpaired) electrons. The van der Waals surface area contributed by atoms with Crippen LogP contribution in [0.1, 0.15) is 33.6 Å². The molecule has 1 atom stereocenters. The van der Waals surface area contributed by atoms with E-state index in [-0.39, 0.29) is 12.6 Å². The summed E-state index contributed by atoms with van der Waals surface area (Å²) in [5.74, 6) is 0.480. The van der Waals surface area contributed by atoms with E-state index in [0.29, 0.717) is 12.5 Å². The van der Waals surface area contributed by atoms with Crippen molar-refractivity contribution in [1.29, 1.82) is 0 Å². The van der Waals surface area contributed by atoms with Crippen molar-refractivity contribution in [2.45, 2.75) is 39.7 Å². The van der Waals surface area contributed by atoms with Crippen LogP contribution in [0, 0.1) is 5.92 Å². The summed E-state index contributed by atoms with van der Waals surface area (Å²) in [4.78, 5) is 0. The van der Waals surface area contributed by atoms with Gasteiger partial charge in [-0.25, -0.2) is 9.44 Å². The Labute approximate surface area is 93.0 Å². The second-order valence-corrected chi connectivity index (χ2v) is 5.72. The van der Waals surface area contributed by atoms with E-state index in [1.165, 1.54) is 0 Å². The summed E-state index contributed by atoms with van der Waals surface area (Å²) in [7, 11) is -3.35. The van der Waals surface area contributed by atoms with Crippen molar-refractivity contribution >= 4 is 10.2 Å². The lowest BCUT2D eigenvalue weighted by Crippen LogP contribution is -2.43. The molecule has 0 saturated carbocycles. The minimum absolute atomic E-state index is 0.122. The average molecular weight is 237 g/mol. The van der Waals surface area contributed by atoms with Gasteiger partial charge < -0.3 is 5.73 Å². The quantitative estimate of drug-likeness (QED) is 0.563. The highest BCUT2D eigenvalue weighted by Gasteiger charge is 2.11. The molecule has 0 aliphatic heterocycles. The van der Waals surface area contributed by atoms with Gasteiger partial charge in [0.05, 0.1) is 0 Å². The van der Waals surface area contributed by atoms with E-state index in [1.807, 2.05) is 6.92 Å². The van der Waals surface area contributed by atoms with Crippen molar-refractivity contribution in [3.8, 4) is 0 Å². The van der Waals surface area contributed by atoms with E-state index in [1.54, 1.807) is 0 Å². The van der Waals surface area contributed by atoms with Gasteiger partial charge in [-0.05, 0) is 18.8 Å². The van der Waals surface area contributed by atoms with E-state index >= 15 is 0 Å². The molecule has 0 aromatic rings. The van der Waals surface area contributed by atoms with Gasteiger partial charge in [-0.1, -0.05) is 20.8 Å². The molecule has 0 rings (SSSR count).